The van der Waals surface area contributed by atoms with Crippen LogP contribution in [0.1, 0.15) is 50.9 Å². The Morgan fingerprint density at radius 3 is 2.67 bits per heavy atom. The third kappa shape index (κ3) is 2.05. The van der Waals surface area contributed by atoms with Crippen LogP contribution in [0.25, 0.3) is 10.9 Å². The summed E-state index contributed by atoms with van der Waals surface area (Å²) < 4.78 is 0. The lowest BCUT2D eigenvalue weighted by Crippen LogP contribution is -2.12. The van der Waals surface area contributed by atoms with Crippen LogP contribution in [-0.2, 0) is 5.41 Å². The van der Waals surface area contributed by atoms with Crippen molar-refractivity contribution >= 4 is 10.9 Å². The summed E-state index contributed by atoms with van der Waals surface area (Å²) in [6.07, 6.45) is 2.53. The van der Waals surface area contributed by atoms with Gasteiger partial charge in [-0.15, -0.1) is 0 Å². The predicted octanol–water partition coefficient (Wildman–Crippen LogP) is 3.89. The molecule has 18 heavy (non-hydrogen) atoms. The number of hydrogen-bond acceptors (Lipinski definition) is 1. The molecule has 3 rings (SSSR count). The van der Waals surface area contributed by atoms with Crippen LogP contribution in [0.5, 0.6) is 0 Å². The Morgan fingerprint density at radius 1 is 1.17 bits per heavy atom. The molecule has 1 fully saturated rings. The molecule has 0 spiro atoms. The number of nitrogens with one attached hydrogen (secondary N) is 2. The minimum absolute atomic E-state index is 0.219. The van der Waals surface area contributed by atoms with Gasteiger partial charge in [0.1, 0.15) is 0 Å². The topological polar surface area (TPSA) is 27.8 Å². The second-order valence-electron chi connectivity index (χ2n) is 6.43. The van der Waals surface area contributed by atoms with Gasteiger partial charge in [-0.05, 0) is 54.0 Å². The Morgan fingerprint density at radius 2 is 2.00 bits per heavy atom. The first-order valence-corrected chi connectivity index (χ1v) is 6.90. The van der Waals surface area contributed by atoms with Crippen molar-refractivity contribution in [1.29, 1.82) is 0 Å². The highest BCUT2D eigenvalue weighted by Crippen LogP contribution is 2.29. The zero-order valence-electron chi connectivity index (χ0n) is 11.5. The zero-order valence-corrected chi connectivity index (χ0v) is 11.5. The van der Waals surface area contributed by atoms with E-state index in [1.807, 2.05) is 0 Å². The Balaban J connectivity index is 2.01. The Hall–Kier alpha value is -1.28. The van der Waals surface area contributed by atoms with E-state index in [1.54, 1.807) is 0 Å². The van der Waals surface area contributed by atoms with Gasteiger partial charge in [0.05, 0.1) is 0 Å². The van der Waals surface area contributed by atoms with E-state index in [0.717, 1.165) is 6.54 Å². The van der Waals surface area contributed by atoms with E-state index in [1.165, 1.54) is 35.0 Å². The fraction of sp³-hybridized carbons (Fsp3) is 0.500. The number of benzene rings is 1. The number of H-pyrrole nitrogens is 1. The molecule has 96 valence electrons. The van der Waals surface area contributed by atoms with Crippen molar-refractivity contribution in [2.24, 2.45) is 0 Å². The van der Waals surface area contributed by atoms with Gasteiger partial charge < -0.3 is 10.3 Å². The molecule has 2 aromatic rings. The van der Waals surface area contributed by atoms with Crippen LogP contribution in [0, 0.1) is 0 Å². The molecule has 1 aliphatic rings. The molecule has 0 radical (unpaired) electrons. The van der Waals surface area contributed by atoms with Crippen LogP contribution in [-0.4, -0.2) is 11.5 Å². The van der Waals surface area contributed by atoms with Gasteiger partial charge in [0.25, 0.3) is 0 Å². The van der Waals surface area contributed by atoms with Gasteiger partial charge in [0, 0.05) is 17.3 Å². The Bertz CT molecular complexity index is 554. The zero-order chi connectivity index (χ0) is 12.8. The van der Waals surface area contributed by atoms with Crippen molar-refractivity contribution in [1.82, 2.24) is 10.3 Å². The number of rotatable bonds is 1. The lowest BCUT2D eigenvalue weighted by atomic mass is 9.86. The fourth-order valence-corrected chi connectivity index (χ4v) is 2.76. The lowest BCUT2D eigenvalue weighted by Gasteiger charge is -2.18. The molecule has 0 saturated carbocycles. The van der Waals surface area contributed by atoms with Gasteiger partial charge in [0.15, 0.2) is 0 Å². The van der Waals surface area contributed by atoms with Crippen molar-refractivity contribution < 1.29 is 0 Å². The summed E-state index contributed by atoms with van der Waals surface area (Å²) in [5, 5.41) is 4.89. The quantitative estimate of drug-likeness (QED) is 0.780. The van der Waals surface area contributed by atoms with Crippen LogP contribution in [0.4, 0.5) is 0 Å². The summed E-state index contributed by atoms with van der Waals surface area (Å²) >= 11 is 0. The van der Waals surface area contributed by atoms with Gasteiger partial charge in [0.2, 0.25) is 0 Å². The van der Waals surface area contributed by atoms with E-state index in [4.69, 9.17) is 0 Å². The molecular formula is C16H22N2. The maximum Gasteiger partial charge on any atom is 0.0473 e. The van der Waals surface area contributed by atoms with E-state index in [2.05, 4.69) is 55.3 Å². The third-order valence-corrected chi connectivity index (χ3v) is 3.94. The molecule has 1 aromatic carbocycles. The van der Waals surface area contributed by atoms with Gasteiger partial charge in [-0.25, -0.2) is 0 Å². The normalized spacial score (nSPS) is 20.7. The molecule has 1 aliphatic heterocycles. The van der Waals surface area contributed by atoms with Crippen molar-refractivity contribution in [2.45, 2.75) is 45.1 Å². The lowest BCUT2D eigenvalue weighted by molar-refractivity contribution is 0.591. The smallest absolute Gasteiger partial charge is 0.0473 e. The first kappa shape index (κ1) is 11.8. The Labute approximate surface area is 109 Å². The molecule has 0 aliphatic carbocycles. The summed E-state index contributed by atoms with van der Waals surface area (Å²) in [5.41, 5.74) is 4.22. The minimum Gasteiger partial charge on any atom is -0.357 e. The van der Waals surface area contributed by atoms with Gasteiger partial charge in [-0.1, -0.05) is 26.8 Å². The SMILES string of the molecule is CC(C)(C)c1ccc2[nH]c(C3CCCN3)cc2c1. The first-order chi connectivity index (χ1) is 8.54. The van der Waals surface area contributed by atoms with E-state index < -0.39 is 0 Å². The molecule has 1 unspecified atom stereocenters. The predicted molar refractivity (Wildman–Crippen MR) is 77.0 cm³/mol. The van der Waals surface area contributed by atoms with E-state index in [0.29, 0.717) is 6.04 Å². The van der Waals surface area contributed by atoms with Gasteiger partial charge in [-0.2, -0.15) is 0 Å². The van der Waals surface area contributed by atoms with Crippen LogP contribution < -0.4 is 5.32 Å². The summed E-state index contributed by atoms with van der Waals surface area (Å²) in [6.45, 7) is 7.94. The second kappa shape index (κ2) is 4.13. The maximum absolute atomic E-state index is 3.55. The molecule has 2 heterocycles. The summed E-state index contributed by atoms with van der Waals surface area (Å²) in [6, 6.07) is 9.62. The molecule has 1 saturated heterocycles. The molecule has 2 nitrogen and oxygen atoms in total. The number of fused-ring (bicyclic) bond motifs is 1. The van der Waals surface area contributed by atoms with Crippen molar-refractivity contribution in [2.75, 3.05) is 6.54 Å². The first-order valence-electron chi connectivity index (χ1n) is 6.90. The van der Waals surface area contributed by atoms with E-state index >= 15 is 0 Å². The Kier molecular flexibility index (Phi) is 2.70. The molecule has 1 atom stereocenters. The molecule has 0 amide bonds. The van der Waals surface area contributed by atoms with E-state index in [-0.39, 0.29) is 5.41 Å². The monoisotopic (exact) mass is 242 g/mol. The average molecular weight is 242 g/mol. The highest BCUT2D eigenvalue weighted by molar-refractivity contribution is 5.81. The average Bonchev–Trinajstić information content (AvgIpc) is 2.95. The van der Waals surface area contributed by atoms with Crippen molar-refractivity contribution in [3.63, 3.8) is 0 Å². The van der Waals surface area contributed by atoms with Crippen LogP contribution in [0.15, 0.2) is 24.3 Å². The van der Waals surface area contributed by atoms with Crippen molar-refractivity contribution in [3.8, 4) is 0 Å². The van der Waals surface area contributed by atoms with Crippen LogP contribution >= 0.6 is 0 Å². The molecular weight excluding hydrogens is 220 g/mol. The molecule has 0 bridgehead atoms. The van der Waals surface area contributed by atoms with E-state index in [9.17, 15) is 0 Å². The number of hydrogen-bond donors (Lipinski definition) is 2. The minimum atomic E-state index is 0.219. The second-order valence-corrected chi connectivity index (χ2v) is 6.43. The maximum atomic E-state index is 3.55. The highest BCUT2D eigenvalue weighted by atomic mass is 15.0. The fourth-order valence-electron chi connectivity index (χ4n) is 2.76. The van der Waals surface area contributed by atoms with Crippen LogP contribution in [0.3, 0.4) is 0 Å². The summed E-state index contributed by atoms with van der Waals surface area (Å²) in [5.74, 6) is 0. The third-order valence-electron chi connectivity index (χ3n) is 3.94. The summed E-state index contributed by atoms with van der Waals surface area (Å²) in [4.78, 5) is 3.55. The van der Waals surface area contributed by atoms with Crippen LogP contribution in [0.2, 0.25) is 0 Å². The van der Waals surface area contributed by atoms with Crippen molar-refractivity contribution in [3.05, 3.63) is 35.5 Å². The van der Waals surface area contributed by atoms with Gasteiger partial charge >= 0.3 is 0 Å². The highest BCUT2D eigenvalue weighted by Gasteiger charge is 2.19. The van der Waals surface area contributed by atoms with Gasteiger partial charge in [-0.3, -0.25) is 0 Å². The largest absolute Gasteiger partial charge is 0.357 e. The molecule has 2 heteroatoms. The molecule has 1 aromatic heterocycles. The summed E-state index contributed by atoms with van der Waals surface area (Å²) in [7, 11) is 0. The molecule has 2 N–H and O–H groups in total. The number of aromatic amines is 1. The standard InChI is InChI=1S/C16H22N2/c1-16(2,3)12-6-7-13-11(9-12)10-15(18-13)14-5-4-8-17-14/h6-7,9-10,14,17-18H,4-5,8H2,1-3H3. The number of aromatic nitrogens is 1.